The van der Waals surface area contributed by atoms with Crippen LogP contribution >= 0.6 is 11.6 Å². The number of amides is 1. The van der Waals surface area contributed by atoms with Crippen LogP contribution in [0.2, 0.25) is 5.02 Å². The molecule has 0 N–H and O–H groups in total. The van der Waals surface area contributed by atoms with E-state index in [1.807, 2.05) is 11.0 Å². The fourth-order valence-corrected chi connectivity index (χ4v) is 4.84. The third kappa shape index (κ3) is 3.31. The van der Waals surface area contributed by atoms with E-state index >= 15 is 0 Å². The Kier molecular flexibility index (Phi) is 4.55. The number of carbonyl (C=O) groups excluding carboxylic acids is 1. The molecule has 2 aliphatic heterocycles. The summed E-state index contributed by atoms with van der Waals surface area (Å²) < 4.78 is 5.95. The zero-order valence-corrected chi connectivity index (χ0v) is 18.2. The maximum absolute atomic E-state index is 13.6. The third-order valence-electron chi connectivity index (χ3n) is 6.41. The van der Waals surface area contributed by atoms with Gasteiger partial charge in [0.1, 0.15) is 5.52 Å². The van der Waals surface area contributed by atoms with Crippen molar-refractivity contribution >= 4 is 34.6 Å². The number of halogens is 1. The second-order valence-corrected chi connectivity index (χ2v) is 8.73. The molecule has 2 fully saturated rings. The fraction of sp³-hybridized carbons (Fsp3) is 0.261. The normalized spacial score (nSPS) is 19.8. The van der Waals surface area contributed by atoms with E-state index in [-0.39, 0.29) is 11.9 Å². The van der Waals surface area contributed by atoms with Crippen LogP contribution in [0.5, 0.6) is 0 Å². The summed E-state index contributed by atoms with van der Waals surface area (Å²) in [4.78, 5) is 23.5. The molecule has 2 aromatic heterocycles. The monoisotopic (exact) mass is 459 g/mol. The van der Waals surface area contributed by atoms with Gasteiger partial charge in [0.05, 0.1) is 41.3 Å². The first-order valence-corrected chi connectivity index (χ1v) is 11.0. The number of carbonyl (C=O) groups is 1. The van der Waals surface area contributed by atoms with Crippen molar-refractivity contribution in [2.24, 2.45) is 5.92 Å². The Morgan fingerprint density at radius 1 is 1.15 bits per heavy atom. The van der Waals surface area contributed by atoms with Gasteiger partial charge in [-0.05, 0) is 42.8 Å². The van der Waals surface area contributed by atoms with Crippen molar-refractivity contribution in [3.63, 3.8) is 0 Å². The second-order valence-electron chi connectivity index (χ2n) is 8.29. The first-order chi connectivity index (χ1) is 16.1. The Morgan fingerprint density at radius 2 is 2.00 bits per heavy atom. The van der Waals surface area contributed by atoms with Crippen molar-refractivity contribution in [2.75, 3.05) is 24.5 Å². The molecule has 4 aromatic rings. The van der Waals surface area contributed by atoms with Gasteiger partial charge in [0, 0.05) is 30.6 Å². The number of aromatic nitrogens is 4. The lowest BCUT2D eigenvalue weighted by Crippen LogP contribution is -2.65. The number of oxazole rings is 1. The van der Waals surface area contributed by atoms with Crippen LogP contribution in [0.15, 0.2) is 53.2 Å². The second kappa shape index (κ2) is 7.60. The number of hydrogen-bond donors (Lipinski definition) is 0. The maximum atomic E-state index is 13.6. The van der Waals surface area contributed by atoms with Crippen LogP contribution in [0.1, 0.15) is 22.3 Å². The molecule has 1 amide bonds. The molecular formula is C23H18ClN7O2. The quantitative estimate of drug-likeness (QED) is 0.463. The molecular weight excluding hydrogens is 442 g/mol. The van der Waals surface area contributed by atoms with Gasteiger partial charge in [-0.15, -0.1) is 0 Å². The summed E-state index contributed by atoms with van der Waals surface area (Å²) in [6.07, 6.45) is 4.00. The SMILES string of the molecule is N#Cc1ccc(-n2nccn2)c(C(=O)N2CCC3CN(c4nc5cc(Cl)ccc5o4)C3C2)c1. The Bertz CT molecular complexity index is 1410. The number of fused-ring (bicyclic) bond motifs is 2. The Morgan fingerprint density at radius 3 is 2.82 bits per heavy atom. The van der Waals surface area contributed by atoms with Crippen molar-refractivity contribution in [1.82, 2.24) is 24.9 Å². The highest BCUT2D eigenvalue weighted by Gasteiger charge is 2.46. The predicted octanol–water partition coefficient (Wildman–Crippen LogP) is 3.28. The average Bonchev–Trinajstić information content (AvgIpc) is 3.49. The van der Waals surface area contributed by atoms with Crippen molar-refractivity contribution < 1.29 is 9.21 Å². The molecule has 2 aromatic carbocycles. The number of benzene rings is 2. The molecule has 6 rings (SSSR count). The van der Waals surface area contributed by atoms with Gasteiger partial charge in [0.15, 0.2) is 5.58 Å². The van der Waals surface area contributed by atoms with Crippen LogP contribution in [0, 0.1) is 17.2 Å². The Labute approximate surface area is 193 Å². The first-order valence-electron chi connectivity index (χ1n) is 10.6. The van der Waals surface area contributed by atoms with E-state index in [2.05, 4.69) is 26.2 Å². The van der Waals surface area contributed by atoms with E-state index in [1.54, 1.807) is 42.7 Å². The molecule has 2 aliphatic rings. The summed E-state index contributed by atoms with van der Waals surface area (Å²) in [5, 5.41) is 18.3. The Hall–Kier alpha value is -3.90. The standard InChI is InChI=1S/C23H18ClN7O2/c24-16-2-4-21-18(10-16)28-23(33-21)30-12-15-5-8-29(13-20(15)30)22(32)17-9-14(11-25)1-3-19(17)31-26-6-7-27-31/h1-4,6-7,9-10,15,20H,5,8,12-13H2. The minimum Gasteiger partial charge on any atom is -0.423 e. The maximum Gasteiger partial charge on any atom is 0.298 e. The van der Waals surface area contributed by atoms with E-state index in [9.17, 15) is 10.1 Å². The molecule has 2 atom stereocenters. The molecule has 0 spiro atoms. The number of nitrogens with zero attached hydrogens (tertiary/aromatic N) is 7. The predicted molar refractivity (Wildman–Crippen MR) is 120 cm³/mol. The van der Waals surface area contributed by atoms with Crippen molar-refractivity contribution in [3.05, 3.63) is 64.9 Å². The van der Waals surface area contributed by atoms with Gasteiger partial charge >= 0.3 is 0 Å². The molecule has 33 heavy (non-hydrogen) atoms. The summed E-state index contributed by atoms with van der Waals surface area (Å²) in [5.74, 6) is 0.333. The molecule has 164 valence electrons. The van der Waals surface area contributed by atoms with Crippen LogP contribution in [0.25, 0.3) is 16.8 Å². The summed E-state index contributed by atoms with van der Waals surface area (Å²) >= 11 is 6.08. The molecule has 0 saturated carbocycles. The zero-order valence-electron chi connectivity index (χ0n) is 17.4. The number of likely N-dealkylation sites (tertiary alicyclic amines) is 1. The van der Waals surface area contributed by atoms with Crippen LogP contribution in [0.3, 0.4) is 0 Å². The summed E-state index contributed by atoms with van der Waals surface area (Å²) in [5.41, 5.74) is 2.78. The van der Waals surface area contributed by atoms with Crippen molar-refractivity contribution in [3.8, 4) is 11.8 Å². The molecule has 2 unspecified atom stereocenters. The molecule has 9 nitrogen and oxygen atoms in total. The van der Waals surface area contributed by atoms with Crippen LogP contribution in [-0.2, 0) is 0 Å². The lowest BCUT2D eigenvalue weighted by Gasteiger charge is -2.52. The minimum absolute atomic E-state index is 0.122. The summed E-state index contributed by atoms with van der Waals surface area (Å²) in [6, 6.07) is 13.1. The van der Waals surface area contributed by atoms with Gasteiger partial charge in [-0.1, -0.05) is 11.6 Å². The van der Waals surface area contributed by atoms with Gasteiger partial charge in [-0.3, -0.25) is 4.79 Å². The van der Waals surface area contributed by atoms with Crippen LogP contribution in [0.4, 0.5) is 6.01 Å². The molecule has 2 saturated heterocycles. The molecule has 0 radical (unpaired) electrons. The van der Waals surface area contributed by atoms with E-state index in [0.29, 0.717) is 52.4 Å². The highest BCUT2D eigenvalue weighted by atomic mass is 35.5. The Balaban J connectivity index is 1.27. The largest absolute Gasteiger partial charge is 0.423 e. The van der Waals surface area contributed by atoms with Crippen LogP contribution < -0.4 is 4.90 Å². The van der Waals surface area contributed by atoms with Crippen LogP contribution in [-0.4, -0.2) is 56.5 Å². The number of rotatable bonds is 3. The third-order valence-corrected chi connectivity index (χ3v) is 6.65. The zero-order chi connectivity index (χ0) is 22.5. The smallest absolute Gasteiger partial charge is 0.298 e. The van der Waals surface area contributed by atoms with Gasteiger partial charge in [-0.2, -0.15) is 25.2 Å². The highest BCUT2D eigenvalue weighted by Crippen LogP contribution is 2.38. The van der Waals surface area contributed by atoms with E-state index < -0.39 is 0 Å². The molecule has 10 heteroatoms. The number of anilines is 1. The highest BCUT2D eigenvalue weighted by molar-refractivity contribution is 6.31. The lowest BCUT2D eigenvalue weighted by atomic mass is 9.82. The van der Waals surface area contributed by atoms with E-state index in [1.165, 1.54) is 4.80 Å². The van der Waals surface area contributed by atoms with Gasteiger partial charge in [-0.25, -0.2) is 0 Å². The van der Waals surface area contributed by atoms with Gasteiger partial charge < -0.3 is 14.2 Å². The van der Waals surface area contributed by atoms with E-state index in [4.69, 9.17) is 16.0 Å². The fourth-order valence-electron chi connectivity index (χ4n) is 4.67. The van der Waals surface area contributed by atoms with Gasteiger partial charge in [0.2, 0.25) is 0 Å². The lowest BCUT2D eigenvalue weighted by molar-refractivity contribution is 0.0583. The number of piperidine rings is 1. The summed E-state index contributed by atoms with van der Waals surface area (Å²) in [7, 11) is 0. The average molecular weight is 460 g/mol. The first kappa shape index (κ1) is 19.8. The topological polar surface area (TPSA) is 104 Å². The molecule has 4 heterocycles. The van der Waals surface area contributed by atoms with E-state index in [0.717, 1.165) is 18.5 Å². The van der Waals surface area contributed by atoms with Crippen molar-refractivity contribution in [1.29, 1.82) is 5.26 Å². The summed E-state index contributed by atoms with van der Waals surface area (Å²) in [6.45, 7) is 2.05. The minimum atomic E-state index is -0.144. The van der Waals surface area contributed by atoms with Gasteiger partial charge in [0.25, 0.3) is 11.9 Å². The number of nitriles is 1. The van der Waals surface area contributed by atoms with Crippen molar-refractivity contribution in [2.45, 2.75) is 12.5 Å². The molecule has 0 aliphatic carbocycles. The number of hydrogen-bond acceptors (Lipinski definition) is 7. The molecule has 0 bridgehead atoms.